The average Bonchev–Trinajstić information content (AvgIpc) is 3.00. The summed E-state index contributed by atoms with van der Waals surface area (Å²) in [7, 11) is 0. The highest BCUT2D eigenvalue weighted by atomic mass is 16.3. The number of hydrogen-bond acceptors (Lipinski definition) is 2. The zero-order chi connectivity index (χ0) is 15.4. The first-order valence-electron chi connectivity index (χ1n) is 7.98. The minimum absolute atomic E-state index is 0.857. The minimum Gasteiger partial charge on any atom is -0.454 e. The Labute approximate surface area is 133 Å². The zero-order valence-electron chi connectivity index (χ0n) is 12.8. The summed E-state index contributed by atoms with van der Waals surface area (Å²) in [6.07, 6.45) is 0.857. The van der Waals surface area contributed by atoms with Gasteiger partial charge < -0.3 is 4.42 Å². The molecule has 2 heteroatoms. The molecule has 5 rings (SSSR count). The van der Waals surface area contributed by atoms with Crippen molar-refractivity contribution in [2.24, 2.45) is 0 Å². The van der Waals surface area contributed by atoms with Crippen LogP contribution in [0.2, 0.25) is 0 Å². The lowest BCUT2D eigenvalue weighted by Gasteiger charge is -2.07. The fourth-order valence-corrected chi connectivity index (χ4v) is 3.52. The van der Waals surface area contributed by atoms with Gasteiger partial charge in [0.25, 0.3) is 0 Å². The van der Waals surface area contributed by atoms with Crippen molar-refractivity contribution in [3.8, 4) is 0 Å². The summed E-state index contributed by atoms with van der Waals surface area (Å²) in [5, 5.41) is 5.95. The molecule has 0 aliphatic heterocycles. The maximum absolute atomic E-state index is 6.13. The number of aryl methyl sites for hydroxylation is 1. The molecule has 2 nitrogen and oxygen atoms in total. The molecule has 0 amide bonds. The van der Waals surface area contributed by atoms with Gasteiger partial charge in [-0.05, 0) is 17.9 Å². The average molecular weight is 297 g/mol. The summed E-state index contributed by atoms with van der Waals surface area (Å²) in [6.45, 7) is 2.13. The lowest BCUT2D eigenvalue weighted by Crippen LogP contribution is -1.91. The van der Waals surface area contributed by atoms with Crippen LogP contribution in [-0.2, 0) is 6.42 Å². The highest BCUT2D eigenvalue weighted by molar-refractivity contribution is 6.22. The standard InChI is InChI=1S/C21H15NO/c1-2-17-21-19(15-9-5-6-10-18(15)23-21)16-12-11-13-7-3-4-8-14(13)20(16)22-17/h3-12H,2H2,1H3. The second-order valence-electron chi connectivity index (χ2n) is 5.90. The Morgan fingerprint density at radius 1 is 0.826 bits per heavy atom. The number of furan rings is 1. The molecule has 5 aromatic rings. The van der Waals surface area contributed by atoms with Crippen LogP contribution in [0.25, 0.3) is 43.6 Å². The maximum atomic E-state index is 6.13. The second-order valence-corrected chi connectivity index (χ2v) is 5.90. The van der Waals surface area contributed by atoms with Gasteiger partial charge >= 0.3 is 0 Å². The smallest absolute Gasteiger partial charge is 0.157 e. The van der Waals surface area contributed by atoms with Crippen molar-refractivity contribution >= 4 is 43.6 Å². The van der Waals surface area contributed by atoms with Gasteiger partial charge in [0.1, 0.15) is 5.58 Å². The maximum Gasteiger partial charge on any atom is 0.157 e. The molecule has 0 N–H and O–H groups in total. The molecule has 0 saturated heterocycles. The SMILES string of the molecule is CCc1nc2c3ccccc3ccc2c2c1oc1ccccc12. The van der Waals surface area contributed by atoms with E-state index in [9.17, 15) is 0 Å². The van der Waals surface area contributed by atoms with E-state index in [2.05, 4.69) is 55.5 Å². The van der Waals surface area contributed by atoms with E-state index >= 15 is 0 Å². The summed E-state index contributed by atoms with van der Waals surface area (Å²) in [4.78, 5) is 4.95. The van der Waals surface area contributed by atoms with Gasteiger partial charge in [-0.25, -0.2) is 4.98 Å². The normalized spacial score (nSPS) is 11.9. The van der Waals surface area contributed by atoms with E-state index in [4.69, 9.17) is 9.40 Å². The van der Waals surface area contributed by atoms with E-state index in [1.807, 2.05) is 12.1 Å². The quantitative estimate of drug-likeness (QED) is 0.363. The summed E-state index contributed by atoms with van der Waals surface area (Å²) < 4.78 is 6.13. The predicted octanol–water partition coefficient (Wildman–Crippen LogP) is 5.85. The third-order valence-electron chi connectivity index (χ3n) is 4.61. The van der Waals surface area contributed by atoms with Crippen molar-refractivity contribution in [1.29, 1.82) is 0 Å². The van der Waals surface area contributed by atoms with Crippen LogP contribution in [0.15, 0.2) is 65.1 Å². The van der Waals surface area contributed by atoms with Crippen molar-refractivity contribution in [1.82, 2.24) is 4.98 Å². The molecule has 0 aliphatic rings. The van der Waals surface area contributed by atoms with E-state index in [0.29, 0.717) is 0 Å². The summed E-state index contributed by atoms with van der Waals surface area (Å²) >= 11 is 0. The fourth-order valence-electron chi connectivity index (χ4n) is 3.52. The van der Waals surface area contributed by atoms with E-state index in [0.717, 1.165) is 28.8 Å². The van der Waals surface area contributed by atoms with Crippen molar-refractivity contribution in [2.45, 2.75) is 13.3 Å². The summed E-state index contributed by atoms with van der Waals surface area (Å²) in [5.74, 6) is 0. The number of rotatable bonds is 1. The van der Waals surface area contributed by atoms with Gasteiger partial charge in [-0.1, -0.05) is 61.5 Å². The number of hydrogen-bond donors (Lipinski definition) is 0. The molecule has 3 aromatic carbocycles. The Hall–Kier alpha value is -2.87. The number of benzene rings is 3. The van der Waals surface area contributed by atoms with Gasteiger partial charge in [0.05, 0.1) is 11.2 Å². The number of pyridine rings is 1. The van der Waals surface area contributed by atoms with Crippen molar-refractivity contribution < 1.29 is 4.42 Å². The van der Waals surface area contributed by atoms with Crippen LogP contribution in [0.1, 0.15) is 12.6 Å². The number of nitrogens with zero attached hydrogens (tertiary/aromatic N) is 1. The van der Waals surface area contributed by atoms with Crippen LogP contribution in [0, 0.1) is 0 Å². The first-order valence-corrected chi connectivity index (χ1v) is 7.98. The molecule has 0 radical (unpaired) electrons. The highest BCUT2D eigenvalue weighted by Crippen LogP contribution is 2.37. The van der Waals surface area contributed by atoms with Crippen LogP contribution in [-0.4, -0.2) is 4.98 Å². The molecule has 0 fully saturated rings. The highest BCUT2D eigenvalue weighted by Gasteiger charge is 2.16. The fraction of sp³-hybridized carbons (Fsp3) is 0.0952. The van der Waals surface area contributed by atoms with Crippen LogP contribution >= 0.6 is 0 Å². The molecule has 0 atom stereocenters. The van der Waals surface area contributed by atoms with E-state index in [1.165, 1.54) is 26.9 Å². The molecule has 2 aromatic heterocycles. The van der Waals surface area contributed by atoms with Gasteiger partial charge in [0.15, 0.2) is 5.58 Å². The first-order chi connectivity index (χ1) is 11.4. The third kappa shape index (κ3) is 1.66. The lowest BCUT2D eigenvalue weighted by atomic mass is 10.0. The Morgan fingerprint density at radius 3 is 2.48 bits per heavy atom. The molecular weight excluding hydrogens is 282 g/mol. The molecule has 2 heterocycles. The van der Waals surface area contributed by atoms with Crippen LogP contribution < -0.4 is 0 Å². The number of para-hydroxylation sites is 1. The monoisotopic (exact) mass is 297 g/mol. The predicted molar refractivity (Wildman–Crippen MR) is 95.9 cm³/mol. The van der Waals surface area contributed by atoms with Crippen LogP contribution in [0.5, 0.6) is 0 Å². The van der Waals surface area contributed by atoms with Gasteiger partial charge in [-0.2, -0.15) is 0 Å². The van der Waals surface area contributed by atoms with Crippen LogP contribution in [0.4, 0.5) is 0 Å². The van der Waals surface area contributed by atoms with Gasteiger partial charge in [0.2, 0.25) is 0 Å². The molecule has 0 unspecified atom stereocenters. The Bertz CT molecular complexity index is 1200. The van der Waals surface area contributed by atoms with E-state index in [1.54, 1.807) is 0 Å². The Morgan fingerprint density at radius 2 is 1.61 bits per heavy atom. The van der Waals surface area contributed by atoms with Crippen LogP contribution in [0.3, 0.4) is 0 Å². The van der Waals surface area contributed by atoms with E-state index < -0.39 is 0 Å². The molecule has 0 bridgehead atoms. The molecule has 110 valence electrons. The van der Waals surface area contributed by atoms with Gasteiger partial charge in [-0.3, -0.25) is 0 Å². The topological polar surface area (TPSA) is 26.0 Å². The molecular formula is C21H15NO. The Balaban J connectivity index is 2.13. The molecule has 0 spiro atoms. The number of fused-ring (bicyclic) bond motifs is 7. The van der Waals surface area contributed by atoms with Crippen molar-refractivity contribution in [3.63, 3.8) is 0 Å². The second kappa shape index (κ2) is 4.56. The molecule has 0 saturated carbocycles. The molecule has 0 aliphatic carbocycles. The van der Waals surface area contributed by atoms with Gasteiger partial charge in [-0.15, -0.1) is 0 Å². The minimum atomic E-state index is 0.857. The largest absolute Gasteiger partial charge is 0.454 e. The van der Waals surface area contributed by atoms with Gasteiger partial charge in [0, 0.05) is 21.5 Å². The first kappa shape index (κ1) is 12.7. The summed E-state index contributed by atoms with van der Waals surface area (Å²) in [6, 6.07) is 21.0. The zero-order valence-corrected chi connectivity index (χ0v) is 12.8. The third-order valence-corrected chi connectivity index (χ3v) is 4.61. The number of aromatic nitrogens is 1. The Kier molecular flexibility index (Phi) is 2.51. The van der Waals surface area contributed by atoms with Crippen molar-refractivity contribution in [3.05, 3.63) is 66.4 Å². The van der Waals surface area contributed by atoms with E-state index in [-0.39, 0.29) is 0 Å². The van der Waals surface area contributed by atoms with Crippen molar-refractivity contribution in [2.75, 3.05) is 0 Å². The summed E-state index contributed by atoms with van der Waals surface area (Å²) in [5.41, 5.74) is 3.95. The molecule has 23 heavy (non-hydrogen) atoms. The lowest BCUT2D eigenvalue weighted by molar-refractivity contribution is 0.660.